The minimum Gasteiger partial charge on any atom is -0.335 e. The Balaban J connectivity index is 1.29. The molecule has 2 aromatic carbocycles. The van der Waals surface area contributed by atoms with Gasteiger partial charge in [0, 0.05) is 26.2 Å². The van der Waals surface area contributed by atoms with E-state index in [-0.39, 0.29) is 11.9 Å². The van der Waals surface area contributed by atoms with Gasteiger partial charge in [-0.2, -0.15) is 5.10 Å². The van der Waals surface area contributed by atoms with E-state index in [1.807, 2.05) is 17.0 Å². The summed E-state index contributed by atoms with van der Waals surface area (Å²) in [6.45, 7) is 2.85. The normalized spacial score (nSPS) is 14.6. The van der Waals surface area contributed by atoms with Crippen molar-refractivity contribution in [2.75, 3.05) is 26.2 Å². The van der Waals surface area contributed by atoms with Gasteiger partial charge < -0.3 is 4.90 Å². The molecule has 0 aliphatic carbocycles. The Kier molecular flexibility index (Phi) is 5.67. The van der Waals surface area contributed by atoms with Crippen LogP contribution < -0.4 is 0 Å². The van der Waals surface area contributed by atoms with Gasteiger partial charge in [0.15, 0.2) is 11.5 Å². The Labute approximate surface area is 186 Å². The van der Waals surface area contributed by atoms with Gasteiger partial charge in [0.25, 0.3) is 5.91 Å². The fourth-order valence-electron chi connectivity index (χ4n) is 4.12. The third-order valence-electron chi connectivity index (χ3n) is 5.72. The number of nitrogens with zero attached hydrogens (tertiary/aromatic N) is 7. The van der Waals surface area contributed by atoms with E-state index in [0.717, 1.165) is 13.1 Å². The van der Waals surface area contributed by atoms with Gasteiger partial charge in [-0.1, -0.05) is 60.7 Å². The van der Waals surface area contributed by atoms with Crippen LogP contribution in [0.1, 0.15) is 27.7 Å². The van der Waals surface area contributed by atoms with Crippen molar-refractivity contribution in [1.29, 1.82) is 0 Å². The van der Waals surface area contributed by atoms with Gasteiger partial charge in [-0.25, -0.2) is 9.67 Å². The summed E-state index contributed by atoms with van der Waals surface area (Å²) in [4.78, 5) is 21.2. The number of hydrogen-bond donors (Lipinski definition) is 0. The van der Waals surface area contributed by atoms with Crippen LogP contribution in [-0.4, -0.2) is 66.8 Å². The molecule has 2 aromatic heterocycles. The molecule has 32 heavy (non-hydrogen) atoms. The average Bonchev–Trinajstić information content (AvgIpc) is 3.41. The maximum absolute atomic E-state index is 13.0. The molecule has 0 radical (unpaired) electrons. The molecule has 1 aliphatic heterocycles. The predicted octanol–water partition coefficient (Wildman–Crippen LogP) is 2.60. The zero-order valence-electron chi connectivity index (χ0n) is 17.5. The summed E-state index contributed by atoms with van der Waals surface area (Å²) >= 11 is 0. The third-order valence-corrected chi connectivity index (χ3v) is 5.72. The molecule has 1 saturated heterocycles. The van der Waals surface area contributed by atoms with Crippen LogP contribution in [0, 0.1) is 0 Å². The third kappa shape index (κ3) is 4.13. The van der Waals surface area contributed by atoms with Gasteiger partial charge in [-0.15, -0.1) is 10.2 Å². The van der Waals surface area contributed by atoms with E-state index in [4.69, 9.17) is 0 Å². The molecule has 0 atom stereocenters. The summed E-state index contributed by atoms with van der Waals surface area (Å²) in [5, 5.41) is 12.3. The molecule has 1 amide bonds. The topological polar surface area (TPSA) is 80.0 Å². The fourth-order valence-corrected chi connectivity index (χ4v) is 4.12. The maximum Gasteiger partial charge on any atom is 0.274 e. The summed E-state index contributed by atoms with van der Waals surface area (Å²) in [7, 11) is 0. The van der Waals surface area contributed by atoms with Crippen molar-refractivity contribution in [3.05, 3.63) is 102 Å². The van der Waals surface area contributed by atoms with Crippen LogP contribution in [-0.2, 0) is 0 Å². The summed E-state index contributed by atoms with van der Waals surface area (Å²) < 4.78 is 1.51. The number of amides is 1. The standard InChI is InChI=1S/C24H23N7O/c32-24(21-11-12-22(28-27-21)31-18-25-17-26-31)30-15-13-29(14-16-30)23(19-7-3-1-4-8-19)20-9-5-2-6-10-20/h1-12,17-18,23H,13-16H2. The highest BCUT2D eigenvalue weighted by molar-refractivity contribution is 5.92. The Morgan fingerprint density at radius 2 is 1.44 bits per heavy atom. The minimum atomic E-state index is -0.0988. The van der Waals surface area contributed by atoms with Crippen molar-refractivity contribution in [3.8, 4) is 5.82 Å². The van der Waals surface area contributed by atoms with Crippen molar-refractivity contribution >= 4 is 5.91 Å². The van der Waals surface area contributed by atoms with E-state index in [2.05, 4.69) is 73.7 Å². The maximum atomic E-state index is 13.0. The molecule has 1 aliphatic rings. The largest absolute Gasteiger partial charge is 0.335 e. The first-order valence-corrected chi connectivity index (χ1v) is 10.6. The fraction of sp³-hybridized carbons (Fsp3) is 0.208. The lowest BCUT2D eigenvalue weighted by molar-refractivity contribution is 0.0590. The highest BCUT2D eigenvalue weighted by atomic mass is 16.2. The van der Waals surface area contributed by atoms with Gasteiger partial charge in [-0.3, -0.25) is 9.69 Å². The van der Waals surface area contributed by atoms with Crippen molar-refractivity contribution in [1.82, 2.24) is 34.8 Å². The van der Waals surface area contributed by atoms with E-state index < -0.39 is 0 Å². The molecule has 8 heteroatoms. The number of hydrogen-bond acceptors (Lipinski definition) is 6. The Morgan fingerprint density at radius 1 is 0.781 bits per heavy atom. The zero-order valence-corrected chi connectivity index (χ0v) is 17.5. The summed E-state index contributed by atoms with van der Waals surface area (Å²) in [5.74, 6) is 0.427. The number of carbonyl (C=O) groups excluding carboxylic acids is 1. The van der Waals surface area contributed by atoms with Crippen molar-refractivity contribution in [2.24, 2.45) is 0 Å². The molecule has 0 unspecified atom stereocenters. The van der Waals surface area contributed by atoms with Crippen LogP contribution >= 0.6 is 0 Å². The number of aromatic nitrogens is 5. The molecule has 160 valence electrons. The summed E-state index contributed by atoms with van der Waals surface area (Å²) in [5.41, 5.74) is 2.85. The van der Waals surface area contributed by atoms with Crippen LogP contribution in [0.5, 0.6) is 0 Å². The van der Waals surface area contributed by atoms with Gasteiger partial charge in [0.2, 0.25) is 0 Å². The number of carbonyl (C=O) groups is 1. The quantitative estimate of drug-likeness (QED) is 0.489. The molecule has 0 bridgehead atoms. The molecule has 0 saturated carbocycles. The minimum absolute atomic E-state index is 0.0988. The van der Waals surface area contributed by atoms with Crippen LogP contribution in [0.3, 0.4) is 0 Å². The van der Waals surface area contributed by atoms with E-state index in [1.165, 1.54) is 22.1 Å². The number of piperazine rings is 1. The van der Waals surface area contributed by atoms with Crippen LogP contribution in [0.25, 0.3) is 5.82 Å². The smallest absolute Gasteiger partial charge is 0.274 e. The van der Waals surface area contributed by atoms with Crippen LogP contribution in [0.15, 0.2) is 85.5 Å². The van der Waals surface area contributed by atoms with Crippen molar-refractivity contribution in [3.63, 3.8) is 0 Å². The Morgan fingerprint density at radius 3 is 1.97 bits per heavy atom. The van der Waals surface area contributed by atoms with E-state index >= 15 is 0 Å². The van der Waals surface area contributed by atoms with E-state index in [1.54, 1.807) is 18.5 Å². The first-order chi connectivity index (χ1) is 15.8. The van der Waals surface area contributed by atoms with Gasteiger partial charge >= 0.3 is 0 Å². The van der Waals surface area contributed by atoms with E-state index in [9.17, 15) is 4.79 Å². The van der Waals surface area contributed by atoms with Gasteiger partial charge in [0.1, 0.15) is 12.7 Å². The Bertz CT molecular complexity index is 1100. The second-order valence-corrected chi connectivity index (χ2v) is 7.67. The molecule has 1 fully saturated rings. The second kappa shape index (κ2) is 9.07. The van der Waals surface area contributed by atoms with Crippen LogP contribution in [0.2, 0.25) is 0 Å². The number of rotatable bonds is 5. The highest BCUT2D eigenvalue weighted by Gasteiger charge is 2.29. The molecule has 8 nitrogen and oxygen atoms in total. The molecule has 0 spiro atoms. The number of benzene rings is 2. The van der Waals surface area contributed by atoms with Gasteiger partial charge in [-0.05, 0) is 23.3 Å². The Hall–Kier alpha value is -3.91. The molecule has 3 heterocycles. The summed E-state index contributed by atoms with van der Waals surface area (Å²) in [6.07, 6.45) is 2.97. The lowest BCUT2D eigenvalue weighted by atomic mass is 9.96. The highest BCUT2D eigenvalue weighted by Crippen LogP contribution is 2.29. The van der Waals surface area contributed by atoms with Crippen molar-refractivity contribution in [2.45, 2.75) is 6.04 Å². The molecule has 0 N–H and O–H groups in total. The van der Waals surface area contributed by atoms with E-state index in [0.29, 0.717) is 24.6 Å². The molecular weight excluding hydrogens is 402 g/mol. The average molecular weight is 425 g/mol. The van der Waals surface area contributed by atoms with Crippen LogP contribution in [0.4, 0.5) is 0 Å². The second-order valence-electron chi connectivity index (χ2n) is 7.67. The van der Waals surface area contributed by atoms with Gasteiger partial charge in [0.05, 0.1) is 6.04 Å². The molecule has 5 rings (SSSR count). The summed E-state index contributed by atoms with van der Waals surface area (Å²) in [6, 6.07) is 24.6. The zero-order chi connectivity index (χ0) is 21.8. The first kappa shape index (κ1) is 20.0. The first-order valence-electron chi connectivity index (χ1n) is 10.6. The SMILES string of the molecule is O=C(c1ccc(-n2cncn2)nn1)N1CCN(C(c2ccccc2)c2ccccc2)CC1. The lowest BCUT2D eigenvalue weighted by Gasteiger charge is -2.39. The molecular formula is C24H23N7O. The monoisotopic (exact) mass is 425 g/mol. The molecule has 4 aromatic rings. The predicted molar refractivity (Wildman–Crippen MR) is 119 cm³/mol. The van der Waals surface area contributed by atoms with Crippen molar-refractivity contribution < 1.29 is 4.79 Å². The lowest BCUT2D eigenvalue weighted by Crippen LogP contribution is -2.50.